The number of ether oxygens (including phenoxy) is 1. The third kappa shape index (κ3) is 4.02. The summed E-state index contributed by atoms with van der Waals surface area (Å²) in [5.74, 6) is 0.788. The van der Waals surface area contributed by atoms with Crippen molar-refractivity contribution in [3.8, 4) is 5.75 Å². The maximum Gasteiger partial charge on any atom is 0.235 e. The summed E-state index contributed by atoms with van der Waals surface area (Å²) >= 11 is 0. The predicted octanol–water partition coefficient (Wildman–Crippen LogP) is 2.84. The van der Waals surface area contributed by atoms with Gasteiger partial charge in [0, 0.05) is 18.5 Å². The zero-order chi connectivity index (χ0) is 20.5. The fourth-order valence-corrected chi connectivity index (χ4v) is 4.99. The number of sulfone groups is 1. The van der Waals surface area contributed by atoms with E-state index < -0.39 is 15.3 Å². The number of likely N-dealkylation sites (tertiary alicyclic amines) is 1. The smallest absolute Gasteiger partial charge is 0.235 e. The number of nitrogens with one attached hydrogen (secondary N) is 1. The molecule has 2 aromatic rings. The molecule has 1 atom stereocenters. The molecular weight excluding hydrogens is 388 g/mol. The zero-order valence-electron chi connectivity index (χ0n) is 16.6. The summed E-state index contributed by atoms with van der Waals surface area (Å²) in [5, 5.41) is 3.06. The molecule has 2 aliphatic heterocycles. The van der Waals surface area contributed by atoms with E-state index in [1.54, 1.807) is 24.3 Å². The number of amides is 1. The van der Waals surface area contributed by atoms with Gasteiger partial charge in [0.25, 0.3) is 0 Å². The molecule has 6 nitrogen and oxygen atoms in total. The Morgan fingerprint density at radius 3 is 2.59 bits per heavy atom. The van der Waals surface area contributed by atoms with E-state index in [9.17, 15) is 13.2 Å². The Hall–Kier alpha value is -2.38. The van der Waals surface area contributed by atoms with Crippen LogP contribution in [0.4, 0.5) is 5.69 Å². The highest BCUT2D eigenvalue weighted by atomic mass is 32.2. The lowest BCUT2D eigenvalue weighted by Crippen LogP contribution is -2.36. The van der Waals surface area contributed by atoms with E-state index in [1.165, 1.54) is 6.26 Å². The van der Waals surface area contributed by atoms with Crippen LogP contribution in [0.1, 0.15) is 24.8 Å². The van der Waals surface area contributed by atoms with Crippen LogP contribution in [0, 0.1) is 0 Å². The van der Waals surface area contributed by atoms with Gasteiger partial charge in [-0.1, -0.05) is 18.2 Å². The summed E-state index contributed by atoms with van der Waals surface area (Å²) in [4.78, 5) is 15.4. The molecule has 1 fully saturated rings. The fourth-order valence-electron chi connectivity index (χ4n) is 4.36. The summed E-state index contributed by atoms with van der Waals surface area (Å²) in [7, 11) is -3.19. The van der Waals surface area contributed by atoms with Crippen LogP contribution in [0.3, 0.4) is 0 Å². The SMILES string of the molecule is CS(=O)(=O)c1ccc(OCCN2CCCC3(CC2)C(=O)Nc2ccccc23)cc1. The summed E-state index contributed by atoms with van der Waals surface area (Å²) < 4.78 is 28.9. The molecule has 2 aliphatic rings. The number of fused-ring (bicyclic) bond motifs is 2. The van der Waals surface area contributed by atoms with E-state index in [0.29, 0.717) is 12.4 Å². The minimum Gasteiger partial charge on any atom is -0.492 e. The lowest BCUT2D eigenvalue weighted by atomic mass is 9.75. The van der Waals surface area contributed by atoms with Crippen molar-refractivity contribution in [2.24, 2.45) is 0 Å². The normalized spacial score (nSPS) is 22.2. The Labute approximate surface area is 171 Å². The Morgan fingerprint density at radius 1 is 1.07 bits per heavy atom. The van der Waals surface area contributed by atoms with Crippen LogP contribution in [-0.4, -0.2) is 51.7 Å². The minimum atomic E-state index is -3.19. The van der Waals surface area contributed by atoms with Crippen LogP contribution >= 0.6 is 0 Å². The topological polar surface area (TPSA) is 75.7 Å². The predicted molar refractivity (Wildman–Crippen MR) is 112 cm³/mol. The van der Waals surface area contributed by atoms with Crippen LogP contribution in [0.5, 0.6) is 5.75 Å². The van der Waals surface area contributed by atoms with E-state index in [-0.39, 0.29) is 10.8 Å². The number of nitrogens with zero attached hydrogens (tertiary/aromatic N) is 1. The summed E-state index contributed by atoms with van der Waals surface area (Å²) in [6.07, 6.45) is 3.82. The molecule has 0 aliphatic carbocycles. The average Bonchev–Trinajstić information content (AvgIpc) is 2.83. The minimum absolute atomic E-state index is 0.128. The van der Waals surface area contributed by atoms with E-state index in [0.717, 1.165) is 50.1 Å². The van der Waals surface area contributed by atoms with Gasteiger partial charge in [-0.15, -0.1) is 0 Å². The molecule has 29 heavy (non-hydrogen) atoms. The molecular formula is C22H26N2O4S. The average molecular weight is 415 g/mol. The first-order valence-electron chi connectivity index (χ1n) is 9.95. The Kier molecular flexibility index (Phi) is 5.36. The van der Waals surface area contributed by atoms with Crippen molar-refractivity contribution in [1.82, 2.24) is 4.90 Å². The van der Waals surface area contributed by atoms with Gasteiger partial charge >= 0.3 is 0 Å². The van der Waals surface area contributed by atoms with Gasteiger partial charge in [-0.2, -0.15) is 0 Å². The number of para-hydroxylation sites is 1. The fraction of sp³-hybridized carbons (Fsp3) is 0.409. The van der Waals surface area contributed by atoms with E-state index >= 15 is 0 Å². The highest BCUT2D eigenvalue weighted by Crippen LogP contribution is 2.44. The standard InChI is InChI=1S/C22H26N2O4S/c1-29(26,27)18-9-7-17(8-10-18)28-16-15-24-13-4-11-22(12-14-24)19-5-2-3-6-20(19)23-21(22)25/h2-3,5-10H,4,11-16H2,1H3,(H,23,25). The van der Waals surface area contributed by atoms with Crippen molar-refractivity contribution in [2.75, 3.05) is 37.8 Å². The monoisotopic (exact) mass is 414 g/mol. The summed E-state index contributed by atoms with van der Waals surface area (Å²) in [6.45, 7) is 3.08. The van der Waals surface area contributed by atoms with Gasteiger partial charge in [0.2, 0.25) is 5.91 Å². The van der Waals surface area contributed by atoms with Gasteiger partial charge in [0.1, 0.15) is 12.4 Å². The van der Waals surface area contributed by atoms with Gasteiger partial charge < -0.3 is 10.1 Å². The van der Waals surface area contributed by atoms with Crippen molar-refractivity contribution in [3.05, 3.63) is 54.1 Å². The van der Waals surface area contributed by atoms with Gasteiger partial charge in [0.05, 0.1) is 10.3 Å². The van der Waals surface area contributed by atoms with Crippen LogP contribution in [0.15, 0.2) is 53.4 Å². The third-order valence-corrected chi connectivity index (χ3v) is 7.11. The van der Waals surface area contributed by atoms with Crippen LogP contribution < -0.4 is 10.1 Å². The molecule has 154 valence electrons. The Morgan fingerprint density at radius 2 is 1.83 bits per heavy atom. The number of rotatable bonds is 5. The zero-order valence-corrected chi connectivity index (χ0v) is 17.4. The molecule has 1 spiro atoms. The number of hydrogen-bond donors (Lipinski definition) is 1. The molecule has 1 saturated heterocycles. The molecule has 1 N–H and O–H groups in total. The van der Waals surface area contributed by atoms with Crippen molar-refractivity contribution < 1.29 is 17.9 Å². The highest BCUT2D eigenvalue weighted by molar-refractivity contribution is 7.90. The van der Waals surface area contributed by atoms with Gasteiger partial charge in [0.15, 0.2) is 9.84 Å². The van der Waals surface area contributed by atoms with Gasteiger partial charge in [-0.05, 0) is 68.2 Å². The Bertz CT molecular complexity index is 1000. The van der Waals surface area contributed by atoms with Crippen molar-refractivity contribution in [1.29, 1.82) is 0 Å². The van der Waals surface area contributed by atoms with Crippen molar-refractivity contribution in [3.63, 3.8) is 0 Å². The Balaban J connectivity index is 1.34. The largest absolute Gasteiger partial charge is 0.492 e. The first kappa shape index (κ1) is 19.9. The van der Waals surface area contributed by atoms with Crippen molar-refractivity contribution in [2.45, 2.75) is 29.6 Å². The second-order valence-corrected chi connectivity index (χ2v) is 9.88. The lowest BCUT2D eigenvalue weighted by molar-refractivity contribution is -0.121. The quantitative estimate of drug-likeness (QED) is 0.814. The lowest BCUT2D eigenvalue weighted by Gasteiger charge is -2.26. The van der Waals surface area contributed by atoms with E-state index in [4.69, 9.17) is 4.74 Å². The molecule has 2 heterocycles. The second-order valence-electron chi connectivity index (χ2n) is 7.87. The number of hydrogen-bond acceptors (Lipinski definition) is 5. The van der Waals surface area contributed by atoms with Crippen LogP contribution in [-0.2, 0) is 20.0 Å². The summed E-state index contributed by atoms with van der Waals surface area (Å²) in [5.41, 5.74) is 1.68. The third-order valence-electron chi connectivity index (χ3n) is 5.99. The molecule has 0 aromatic heterocycles. The number of carbonyl (C=O) groups excluding carboxylic acids is 1. The van der Waals surface area contributed by atoms with Crippen LogP contribution in [0.25, 0.3) is 0 Å². The molecule has 1 unspecified atom stereocenters. The number of carbonyl (C=O) groups is 1. The van der Waals surface area contributed by atoms with Gasteiger partial charge in [-0.25, -0.2) is 8.42 Å². The second kappa shape index (κ2) is 7.80. The maximum atomic E-state index is 12.8. The molecule has 0 saturated carbocycles. The molecule has 1 amide bonds. The molecule has 2 aromatic carbocycles. The first-order valence-corrected chi connectivity index (χ1v) is 11.8. The first-order chi connectivity index (χ1) is 13.9. The molecule has 0 radical (unpaired) electrons. The maximum absolute atomic E-state index is 12.8. The molecule has 4 rings (SSSR count). The number of benzene rings is 2. The molecule has 0 bridgehead atoms. The molecule has 7 heteroatoms. The number of anilines is 1. The highest BCUT2D eigenvalue weighted by Gasteiger charge is 2.46. The van der Waals surface area contributed by atoms with Gasteiger partial charge in [-0.3, -0.25) is 9.69 Å². The van der Waals surface area contributed by atoms with E-state index in [2.05, 4.69) is 16.3 Å². The van der Waals surface area contributed by atoms with Crippen molar-refractivity contribution >= 4 is 21.4 Å². The van der Waals surface area contributed by atoms with Crippen LogP contribution in [0.2, 0.25) is 0 Å². The van der Waals surface area contributed by atoms with E-state index in [1.807, 2.05) is 18.2 Å². The summed E-state index contributed by atoms with van der Waals surface area (Å²) in [6, 6.07) is 14.5.